The SMILES string of the molecule is N#Cc1cnc(NC(=O)[C@@H](CC2CCOCC2)c2c(S(=O)(=O)C3CCCC3)cc[nH]c2=O)s1. The fourth-order valence-electron chi connectivity index (χ4n) is 4.68. The molecule has 2 aliphatic rings. The lowest BCUT2D eigenvalue weighted by Crippen LogP contribution is -2.33. The number of rotatable bonds is 7. The summed E-state index contributed by atoms with van der Waals surface area (Å²) < 4.78 is 32.4. The van der Waals surface area contributed by atoms with Gasteiger partial charge in [0.05, 0.1) is 22.3 Å². The molecule has 1 amide bonds. The van der Waals surface area contributed by atoms with Crippen LogP contribution in [0, 0.1) is 17.2 Å². The van der Waals surface area contributed by atoms with Crippen LogP contribution in [0.5, 0.6) is 0 Å². The number of nitriles is 1. The summed E-state index contributed by atoms with van der Waals surface area (Å²) in [7, 11) is -3.76. The number of carbonyl (C=O) groups is 1. The van der Waals surface area contributed by atoms with Crippen molar-refractivity contribution >= 4 is 32.2 Å². The van der Waals surface area contributed by atoms with Gasteiger partial charge in [0.2, 0.25) is 5.91 Å². The van der Waals surface area contributed by atoms with Gasteiger partial charge in [-0.15, -0.1) is 0 Å². The largest absolute Gasteiger partial charge is 0.381 e. The number of nitrogens with one attached hydrogen (secondary N) is 2. The number of ether oxygens (including phenoxy) is 1. The summed E-state index contributed by atoms with van der Waals surface area (Å²) in [6.45, 7) is 1.13. The lowest BCUT2D eigenvalue weighted by molar-refractivity contribution is -0.118. The summed E-state index contributed by atoms with van der Waals surface area (Å²) in [6.07, 6.45) is 7.26. The fraction of sp³-hybridized carbons (Fsp3) is 0.545. The average molecular weight is 491 g/mol. The molecule has 0 spiro atoms. The van der Waals surface area contributed by atoms with E-state index in [9.17, 15) is 18.0 Å². The molecule has 11 heteroatoms. The lowest BCUT2D eigenvalue weighted by atomic mass is 9.85. The van der Waals surface area contributed by atoms with Gasteiger partial charge in [-0.2, -0.15) is 5.26 Å². The van der Waals surface area contributed by atoms with Crippen molar-refractivity contribution < 1.29 is 17.9 Å². The van der Waals surface area contributed by atoms with Crippen LogP contribution in [-0.2, 0) is 19.4 Å². The Bertz CT molecular complexity index is 1200. The number of nitrogens with zero attached hydrogens (tertiary/aromatic N) is 2. The third kappa shape index (κ3) is 5.18. The predicted molar refractivity (Wildman–Crippen MR) is 123 cm³/mol. The van der Waals surface area contributed by atoms with Gasteiger partial charge < -0.3 is 15.0 Å². The Kier molecular flexibility index (Phi) is 7.26. The van der Waals surface area contributed by atoms with Crippen LogP contribution in [0.15, 0.2) is 28.2 Å². The van der Waals surface area contributed by atoms with Gasteiger partial charge in [-0.05, 0) is 44.1 Å². The Morgan fingerprint density at radius 2 is 2.03 bits per heavy atom. The van der Waals surface area contributed by atoms with Gasteiger partial charge in [-0.3, -0.25) is 9.59 Å². The standard InChI is InChI=1S/C22H26N4O5S2/c23-12-15-13-25-22(32-15)26-20(27)17(11-14-6-9-31-10-7-14)19-18(5-8-24-21(19)28)33(29,30)16-3-1-2-4-16/h5,8,13-14,16-17H,1-4,6-7,9-11H2,(H,24,28)(H,25,26,27)/t17-/m0/s1. The van der Waals surface area contributed by atoms with Gasteiger partial charge in [-0.25, -0.2) is 13.4 Å². The van der Waals surface area contributed by atoms with Gasteiger partial charge in [0.1, 0.15) is 10.9 Å². The second kappa shape index (κ2) is 10.2. The van der Waals surface area contributed by atoms with Crippen molar-refractivity contribution in [1.82, 2.24) is 9.97 Å². The van der Waals surface area contributed by atoms with Crippen LogP contribution in [0.1, 0.15) is 61.3 Å². The van der Waals surface area contributed by atoms with Gasteiger partial charge in [0.25, 0.3) is 5.56 Å². The van der Waals surface area contributed by atoms with Crippen molar-refractivity contribution in [2.75, 3.05) is 18.5 Å². The zero-order valence-electron chi connectivity index (χ0n) is 18.1. The van der Waals surface area contributed by atoms with Crippen LogP contribution in [-0.4, -0.2) is 42.8 Å². The number of pyridine rings is 1. The maximum atomic E-state index is 13.5. The van der Waals surface area contributed by atoms with Crippen LogP contribution in [0.25, 0.3) is 0 Å². The third-order valence-corrected chi connectivity index (χ3v) is 9.56. The number of H-pyrrole nitrogens is 1. The van der Waals surface area contributed by atoms with E-state index >= 15 is 0 Å². The molecule has 1 saturated carbocycles. The zero-order chi connectivity index (χ0) is 23.4. The van der Waals surface area contributed by atoms with Gasteiger partial charge in [0.15, 0.2) is 15.0 Å². The van der Waals surface area contributed by atoms with E-state index in [2.05, 4.69) is 15.3 Å². The Labute approximate surface area is 196 Å². The van der Waals surface area contributed by atoms with Crippen LogP contribution in [0.2, 0.25) is 0 Å². The molecular formula is C22H26N4O5S2. The van der Waals surface area contributed by atoms with E-state index in [1.54, 1.807) is 0 Å². The minimum Gasteiger partial charge on any atom is -0.381 e. The summed E-state index contributed by atoms with van der Waals surface area (Å²) in [5, 5.41) is 11.4. The number of thiazole rings is 1. The van der Waals surface area contributed by atoms with Crippen LogP contribution < -0.4 is 10.9 Å². The summed E-state index contributed by atoms with van der Waals surface area (Å²) in [4.78, 5) is 33.3. The number of hydrogen-bond acceptors (Lipinski definition) is 8. The Morgan fingerprint density at radius 3 is 2.70 bits per heavy atom. The molecule has 176 valence electrons. The number of amides is 1. The quantitative estimate of drug-likeness (QED) is 0.607. The molecule has 0 unspecified atom stereocenters. The van der Waals surface area contributed by atoms with Crippen molar-refractivity contribution in [1.29, 1.82) is 5.26 Å². The van der Waals surface area contributed by atoms with Crippen molar-refractivity contribution in [3.63, 3.8) is 0 Å². The Hall–Kier alpha value is -2.55. The molecular weight excluding hydrogens is 464 g/mol. The minimum atomic E-state index is -3.76. The smallest absolute Gasteiger partial charge is 0.253 e. The van der Waals surface area contributed by atoms with Crippen molar-refractivity contribution in [2.24, 2.45) is 5.92 Å². The molecule has 0 bridgehead atoms. The highest BCUT2D eigenvalue weighted by atomic mass is 32.2. The number of aromatic amines is 1. The zero-order valence-corrected chi connectivity index (χ0v) is 19.7. The number of hydrogen-bond donors (Lipinski definition) is 2. The van der Waals surface area contributed by atoms with Crippen LogP contribution in [0.4, 0.5) is 5.13 Å². The highest BCUT2D eigenvalue weighted by Gasteiger charge is 2.37. The normalized spacial score (nSPS) is 18.6. The molecule has 33 heavy (non-hydrogen) atoms. The third-order valence-electron chi connectivity index (χ3n) is 6.43. The second-order valence-corrected chi connectivity index (χ2v) is 11.7. The topological polar surface area (TPSA) is 142 Å². The van der Waals surface area contributed by atoms with Crippen molar-refractivity contribution in [3.8, 4) is 6.07 Å². The molecule has 0 radical (unpaired) electrons. The van der Waals surface area contributed by atoms with Crippen molar-refractivity contribution in [2.45, 2.75) is 61.0 Å². The van der Waals surface area contributed by atoms with E-state index in [4.69, 9.17) is 10.00 Å². The lowest BCUT2D eigenvalue weighted by Gasteiger charge is -2.27. The van der Waals surface area contributed by atoms with Gasteiger partial charge in [0, 0.05) is 25.0 Å². The van der Waals surface area contributed by atoms with E-state index < -0.39 is 32.5 Å². The Balaban J connectivity index is 1.74. The summed E-state index contributed by atoms with van der Waals surface area (Å²) >= 11 is 1.03. The Morgan fingerprint density at radius 1 is 1.30 bits per heavy atom. The van der Waals surface area contributed by atoms with E-state index in [0.717, 1.165) is 37.0 Å². The first-order valence-electron chi connectivity index (χ1n) is 11.1. The van der Waals surface area contributed by atoms with E-state index in [1.807, 2.05) is 6.07 Å². The molecule has 1 atom stereocenters. The molecule has 4 rings (SSSR count). The highest BCUT2D eigenvalue weighted by Crippen LogP contribution is 2.36. The maximum absolute atomic E-state index is 13.5. The number of anilines is 1. The van der Waals surface area contributed by atoms with Crippen LogP contribution in [0.3, 0.4) is 0 Å². The van der Waals surface area contributed by atoms with E-state index in [1.165, 1.54) is 18.5 Å². The number of aromatic nitrogens is 2. The average Bonchev–Trinajstić information content (AvgIpc) is 3.51. The molecule has 2 N–H and O–H groups in total. The molecule has 2 fully saturated rings. The number of carbonyl (C=O) groups excluding carboxylic acids is 1. The van der Waals surface area contributed by atoms with Crippen LogP contribution >= 0.6 is 11.3 Å². The molecule has 1 aliphatic heterocycles. The highest BCUT2D eigenvalue weighted by molar-refractivity contribution is 7.92. The molecule has 0 aromatic carbocycles. The first kappa shape index (κ1) is 23.6. The first-order valence-corrected chi connectivity index (χ1v) is 13.5. The monoisotopic (exact) mass is 490 g/mol. The molecule has 1 saturated heterocycles. The maximum Gasteiger partial charge on any atom is 0.253 e. The minimum absolute atomic E-state index is 0.00884. The number of sulfone groups is 1. The van der Waals surface area contributed by atoms with Gasteiger partial charge in [-0.1, -0.05) is 24.2 Å². The molecule has 2 aromatic heterocycles. The summed E-state index contributed by atoms with van der Waals surface area (Å²) in [5.41, 5.74) is -0.580. The summed E-state index contributed by atoms with van der Waals surface area (Å²) in [5.74, 6) is -1.36. The molecule has 9 nitrogen and oxygen atoms in total. The predicted octanol–water partition coefficient (Wildman–Crippen LogP) is 2.96. The first-order chi connectivity index (χ1) is 15.9. The molecule has 2 aromatic rings. The second-order valence-electron chi connectivity index (χ2n) is 8.51. The van der Waals surface area contributed by atoms with E-state index in [-0.39, 0.29) is 21.5 Å². The van der Waals surface area contributed by atoms with Gasteiger partial charge >= 0.3 is 0 Å². The summed E-state index contributed by atoms with van der Waals surface area (Å²) in [6, 6.07) is 3.38. The molecule has 1 aliphatic carbocycles. The van der Waals surface area contributed by atoms with E-state index in [0.29, 0.717) is 37.4 Å². The molecule has 3 heterocycles. The fourth-order valence-corrected chi connectivity index (χ4v) is 7.40. The van der Waals surface area contributed by atoms with Crippen molar-refractivity contribution in [3.05, 3.63) is 39.3 Å².